The summed E-state index contributed by atoms with van der Waals surface area (Å²) < 4.78 is 0. The maximum atomic E-state index is 12.4. The van der Waals surface area contributed by atoms with E-state index in [9.17, 15) is 9.59 Å². The van der Waals surface area contributed by atoms with Crippen molar-refractivity contribution in [3.05, 3.63) is 29.8 Å². The van der Waals surface area contributed by atoms with E-state index in [4.69, 9.17) is 0 Å². The lowest BCUT2D eigenvalue weighted by Crippen LogP contribution is -2.47. The average Bonchev–Trinajstić information content (AvgIpc) is 2.91. The predicted octanol–water partition coefficient (Wildman–Crippen LogP) is 1.64. The second-order valence-corrected chi connectivity index (χ2v) is 6.29. The molecule has 0 aromatic heterocycles. The molecule has 6 heteroatoms. The molecule has 2 saturated heterocycles. The van der Waals surface area contributed by atoms with Crippen LogP contribution in [0.25, 0.3) is 0 Å². The number of anilines is 1. The van der Waals surface area contributed by atoms with E-state index in [2.05, 4.69) is 10.6 Å². The number of carbonyl (C=O) groups excluding carboxylic acids is 2. The highest BCUT2D eigenvalue weighted by atomic mass is 35.5. The van der Waals surface area contributed by atoms with Crippen LogP contribution in [0.4, 0.5) is 5.69 Å². The summed E-state index contributed by atoms with van der Waals surface area (Å²) in [5.41, 5.74) is 2.04. The largest absolute Gasteiger partial charge is 0.352 e. The van der Waals surface area contributed by atoms with Crippen molar-refractivity contribution in [2.24, 2.45) is 5.92 Å². The van der Waals surface area contributed by atoms with Gasteiger partial charge in [-0.3, -0.25) is 9.59 Å². The number of hydrogen-bond donors (Lipinski definition) is 2. The number of amides is 2. The number of piperidine rings is 1. The van der Waals surface area contributed by atoms with Crippen LogP contribution in [0.1, 0.15) is 24.8 Å². The highest BCUT2D eigenvalue weighted by Crippen LogP contribution is 2.25. The molecule has 1 aromatic rings. The maximum Gasteiger partial charge on any atom is 0.227 e. The zero-order valence-electron chi connectivity index (χ0n) is 13.4. The van der Waals surface area contributed by atoms with Gasteiger partial charge in [0.15, 0.2) is 0 Å². The van der Waals surface area contributed by atoms with Crippen LogP contribution in [-0.2, 0) is 9.59 Å². The smallest absolute Gasteiger partial charge is 0.227 e. The van der Waals surface area contributed by atoms with Gasteiger partial charge < -0.3 is 15.5 Å². The summed E-state index contributed by atoms with van der Waals surface area (Å²) in [7, 11) is 0. The number of nitrogens with one attached hydrogen (secondary N) is 2. The summed E-state index contributed by atoms with van der Waals surface area (Å²) in [5.74, 6) is -0.196. The Kier molecular flexibility index (Phi) is 6.02. The predicted molar refractivity (Wildman–Crippen MR) is 92.9 cm³/mol. The second kappa shape index (κ2) is 7.79. The highest BCUT2D eigenvalue weighted by Gasteiger charge is 2.35. The fourth-order valence-electron chi connectivity index (χ4n) is 3.15. The topological polar surface area (TPSA) is 61.4 Å². The van der Waals surface area contributed by atoms with E-state index in [-0.39, 0.29) is 36.2 Å². The van der Waals surface area contributed by atoms with Crippen molar-refractivity contribution in [3.63, 3.8) is 0 Å². The molecule has 2 aliphatic rings. The number of halogens is 1. The van der Waals surface area contributed by atoms with Crippen LogP contribution in [0, 0.1) is 12.8 Å². The van der Waals surface area contributed by atoms with Gasteiger partial charge in [0.1, 0.15) is 0 Å². The fraction of sp³-hybridized carbons (Fsp3) is 0.529. The Morgan fingerprint density at radius 1 is 1.30 bits per heavy atom. The molecule has 0 aliphatic carbocycles. The molecule has 2 atom stereocenters. The third-order valence-electron chi connectivity index (χ3n) is 4.48. The van der Waals surface area contributed by atoms with Crippen molar-refractivity contribution in [1.29, 1.82) is 0 Å². The molecule has 2 N–H and O–H groups in total. The second-order valence-electron chi connectivity index (χ2n) is 6.29. The van der Waals surface area contributed by atoms with Gasteiger partial charge in [-0.05, 0) is 38.4 Å². The molecule has 1 aromatic carbocycles. The SMILES string of the molecule is Cc1ccc(N2CC(C(=O)N[C@H]3CCCNC3)CC2=O)cc1.Cl. The molecule has 126 valence electrons. The van der Waals surface area contributed by atoms with Gasteiger partial charge in [-0.1, -0.05) is 17.7 Å². The fourth-order valence-corrected chi connectivity index (χ4v) is 3.15. The molecule has 2 fully saturated rings. The Balaban J connectivity index is 0.00000192. The third-order valence-corrected chi connectivity index (χ3v) is 4.48. The van der Waals surface area contributed by atoms with Gasteiger partial charge in [0.25, 0.3) is 0 Å². The minimum absolute atomic E-state index is 0. The molecule has 0 bridgehead atoms. The first kappa shape index (κ1) is 17.8. The van der Waals surface area contributed by atoms with Crippen molar-refractivity contribution in [2.45, 2.75) is 32.2 Å². The van der Waals surface area contributed by atoms with Crippen LogP contribution in [0.5, 0.6) is 0 Å². The molecule has 2 heterocycles. The summed E-state index contributed by atoms with van der Waals surface area (Å²) in [6.45, 7) is 4.35. The molecule has 0 radical (unpaired) electrons. The summed E-state index contributed by atoms with van der Waals surface area (Å²) in [6, 6.07) is 8.06. The summed E-state index contributed by atoms with van der Waals surface area (Å²) in [5, 5.41) is 6.37. The van der Waals surface area contributed by atoms with Crippen LogP contribution in [0.2, 0.25) is 0 Å². The number of aryl methyl sites for hydroxylation is 1. The highest BCUT2D eigenvalue weighted by molar-refractivity contribution is 6.00. The number of benzene rings is 1. The van der Waals surface area contributed by atoms with Crippen molar-refractivity contribution in [3.8, 4) is 0 Å². The van der Waals surface area contributed by atoms with Gasteiger partial charge in [0.05, 0.1) is 5.92 Å². The van der Waals surface area contributed by atoms with E-state index in [1.807, 2.05) is 31.2 Å². The molecule has 3 rings (SSSR count). The first-order chi connectivity index (χ1) is 10.6. The zero-order chi connectivity index (χ0) is 15.5. The van der Waals surface area contributed by atoms with Crippen molar-refractivity contribution >= 4 is 29.9 Å². The van der Waals surface area contributed by atoms with Crippen LogP contribution in [0.15, 0.2) is 24.3 Å². The number of carbonyl (C=O) groups is 2. The molecule has 2 amide bonds. The lowest BCUT2D eigenvalue weighted by Gasteiger charge is -2.25. The van der Waals surface area contributed by atoms with Crippen LogP contribution < -0.4 is 15.5 Å². The first-order valence-corrected chi connectivity index (χ1v) is 8.01. The van der Waals surface area contributed by atoms with Gasteiger partial charge in [-0.25, -0.2) is 0 Å². The summed E-state index contributed by atoms with van der Waals surface area (Å²) in [4.78, 5) is 26.3. The minimum atomic E-state index is -0.240. The molecule has 0 spiro atoms. The van der Waals surface area contributed by atoms with E-state index in [1.54, 1.807) is 4.90 Å². The van der Waals surface area contributed by atoms with Gasteiger partial charge in [-0.15, -0.1) is 12.4 Å². The van der Waals surface area contributed by atoms with Crippen molar-refractivity contribution in [2.75, 3.05) is 24.5 Å². The lowest BCUT2D eigenvalue weighted by atomic mass is 10.0. The normalized spacial score (nSPS) is 24.2. The van der Waals surface area contributed by atoms with E-state index in [1.165, 1.54) is 0 Å². The third kappa shape index (κ3) is 4.24. The van der Waals surface area contributed by atoms with E-state index in [0.717, 1.165) is 37.2 Å². The first-order valence-electron chi connectivity index (χ1n) is 8.01. The molecule has 23 heavy (non-hydrogen) atoms. The molecular weight excluding hydrogens is 314 g/mol. The van der Waals surface area contributed by atoms with Gasteiger partial charge in [-0.2, -0.15) is 0 Å². The van der Waals surface area contributed by atoms with Crippen molar-refractivity contribution in [1.82, 2.24) is 10.6 Å². The van der Waals surface area contributed by atoms with Crippen molar-refractivity contribution < 1.29 is 9.59 Å². The number of rotatable bonds is 3. The monoisotopic (exact) mass is 337 g/mol. The van der Waals surface area contributed by atoms with Crippen LogP contribution in [0.3, 0.4) is 0 Å². The maximum absolute atomic E-state index is 12.4. The Morgan fingerprint density at radius 3 is 2.70 bits per heavy atom. The Bertz CT molecular complexity index is 555. The number of hydrogen-bond acceptors (Lipinski definition) is 3. The minimum Gasteiger partial charge on any atom is -0.352 e. The summed E-state index contributed by atoms with van der Waals surface area (Å²) >= 11 is 0. The van der Waals surface area contributed by atoms with Crippen LogP contribution in [-0.4, -0.2) is 37.5 Å². The zero-order valence-corrected chi connectivity index (χ0v) is 14.2. The van der Waals surface area contributed by atoms with E-state index in [0.29, 0.717) is 13.0 Å². The Morgan fingerprint density at radius 2 is 2.04 bits per heavy atom. The van der Waals surface area contributed by atoms with Gasteiger partial charge >= 0.3 is 0 Å². The standard InChI is InChI=1S/C17H23N3O2.ClH/c1-12-4-6-15(7-5-12)20-11-13(9-16(20)21)17(22)19-14-3-2-8-18-10-14;/h4-7,13-14,18H,2-3,8-11H2,1H3,(H,19,22);1H/t13?,14-;/m0./s1. The van der Waals surface area contributed by atoms with Crippen LogP contribution >= 0.6 is 12.4 Å². The van der Waals surface area contributed by atoms with E-state index < -0.39 is 0 Å². The van der Waals surface area contributed by atoms with Gasteiger partial charge in [0.2, 0.25) is 11.8 Å². The van der Waals surface area contributed by atoms with E-state index >= 15 is 0 Å². The lowest BCUT2D eigenvalue weighted by molar-refractivity contribution is -0.127. The Hall–Kier alpha value is -1.59. The molecule has 5 nitrogen and oxygen atoms in total. The Labute approximate surface area is 143 Å². The summed E-state index contributed by atoms with van der Waals surface area (Å²) in [6.07, 6.45) is 2.41. The molecule has 1 unspecified atom stereocenters. The average molecular weight is 338 g/mol. The quantitative estimate of drug-likeness (QED) is 0.881. The number of nitrogens with zero attached hydrogens (tertiary/aromatic N) is 1. The molecule has 0 saturated carbocycles. The van der Waals surface area contributed by atoms with Gasteiger partial charge in [0, 0.05) is 31.2 Å². The molecular formula is C17H24ClN3O2. The molecule has 2 aliphatic heterocycles.